The molecule has 0 spiro atoms. The first kappa shape index (κ1) is 15.2. The molecule has 19 heavy (non-hydrogen) atoms. The van der Waals surface area contributed by atoms with Gasteiger partial charge in [0.1, 0.15) is 12.4 Å². The number of rotatable bonds is 6. The third-order valence-corrected chi connectivity index (χ3v) is 2.09. The van der Waals surface area contributed by atoms with E-state index in [1.54, 1.807) is 0 Å². The molecule has 0 heterocycles. The summed E-state index contributed by atoms with van der Waals surface area (Å²) in [5.41, 5.74) is -0.295. The molecule has 0 saturated heterocycles. The molecule has 0 bridgehead atoms. The summed E-state index contributed by atoms with van der Waals surface area (Å²) in [5, 5.41) is 10.2. The Morgan fingerprint density at radius 1 is 1.37 bits per heavy atom. The van der Waals surface area contributed by atoms with Gasteiger partial charge in [0, 0.05) is 0 Å². The lowest BCUT2D eigenvalue weighted by atomic mass is 10.2. The van der Waals surface area contributed by atoms with Gasteiger partial charge in [-0.1, -0.05) is 12.1 Å². The molecule has 0 fully saturated rings. The highest BCUT2D eigenvalue weighted by molar-refractivity contribution is 5.96. The molecule has 0 aliphatic carbocycles. The summed E-state index contributed by atoms with van der Waals surface area (Å²) in [6.45, 7) is -5.67. The number of aliphatic hydroxyl groups excluding tert-OH is 1. The van der Waals surface area contributed by atoms with Crippen molar-refractivity contribution in [1.82, 2.24) is 5.32 Å². The predicted octanol–water partition coefficient (Wildman–Crippen LogP) is 1.65. The molecule has 0 aliphatic rings. The maximum absolute atomic E-state index is 12.7. The molecule has 106 valence electrons. The normalized spacial score (nSPS) is 11.5. The number of ether oxygens (including phenoxy) is 1. The Labute approximate surface area is 106 Å². The summed E-state index contributed by atoms with van der Waals surface area (Å²) in [5.74, 6) is -4.89. The lowest BCUT2D eigenvalue weighted by molar-refractivity contribution is -0.0509. The fourth-order valence-electron chi connectivity index (χ4n) is 1.21. The fourth-order valence-corrected chi connectivity index (χ4v) is 1.21. The first-order valence-electron chi connectivity index (χ1n) is 5.16. The van der Waals surface area contributed by atoms with Crippen molar-refractivity contribution in [3.8, 4) is 5.75 Å². The van der Waals surface area contributed by atoms with Crippen LogP contribution in [0.3, 0.4) is 0 Å². The molecule has 0 aromatic heterocycles. The molecule has 4 nitrogen and oxygen atoms in total. The number of carbonyl (C=O) groups excluding carboxylic acids is 1. The zero-order valence-corrected chi connectivity index (χ0v) is 9.58. The molecule has 0 saturated carbocycles. The van der Waals surface area contributed by atoms with Crippen molar-refractivity contribution in [2.24, 2.45) is 0 Å². The standard InChI is InChI=1S/C11H11F4NO3/c12-10(13)19-8-4-2-1-3-7(8)9(18)16-5-11(14,15)6-17/h1-4,10,17H,5-6H2,(H,16,18). The summed E-state index contributed by atoms with van der Waals surface area (Å²) in [6.07, 6.45) is 0. The van der Waals surface area contributed by atoms with Crippen LogP contribution in [0.4, 0.5) is 17.6 Å². The molecule has 0 atom stereocenters. The van der Waals surface area contributed by atoms with Gasteiger partial charge in [0.15, 0.2) is 0 Å². The number of halogens is 4. The van der Waals surface area contributed by atoms with Crippen molar-refractivity contribution in [3.63, 3.8) is 0 Å². The van der Waals surface area contributed by atoms with Crippen molar-refractivity contribution in [1.29, 1.82) is 0 Å². The van der Waals surface area contributed by atoms with Crippen molar-refractivity contribution in [2.45, 2.75) is 12.5 Å². The molecular formula is C11H11F4NO3. The number of hydrogen-bond acceptors (Lipinski definition) is 3. The van der Waals surface area contributed by atoms with E-state index in [0.717, 1.165) is 12.1 Å². The number of carbonyl (C=O) groups is 1. The molecule has 1 amide bonds. The topological polar surface area (TPSA) is 58.6 Å². The van der Waals surface area contributed by atoms with Crippen LogP contribution in [0.15, 0.2) is 24.3 Å². The van der Waals surface area contributed by atoms with Crippen LogP contribution in [0.5, 0.6) is 5.75 Å². The van der Waals surface area contributed by atoms with Gasteiger partial charge in [-0.05, 0) is 12.1 Å². The van der Waals surface area contributed by atoms with E-state index in [4.69, 9.17) is 5.11 Å². The van der Waals surface area contributed by atoms with E-state index in [9.17, 15) is 22.4 Å². The van der Waals surface area contributed by atoms with Gasteiger partial charge in [-0.15, -0.1) is 0 Å². The van der Waals surface area contributed by atoms with Crippen LogP contribution in [0.25, 0.3) is 0 Å². The van der Waals surface area contributed by atoms with E-state index >= 15 is 0 Å². The second-order valence-electron chi connectivity index (χ2n) is 3.57. The van der Waals surface area contributed by atoms with Gasteiger partial charge in [-0.3, -0.25) is 4.79 Å². The van der Waals surface area contributed by atoms with E-state index in [-0.39, 0.29) is 5.56 Å². The third kappa shape index (κ3) is 4.74. The first-order chi connectivity index (χ1) is 8.85. The Morgan fingerprint density at radius 3 is 2.58 bits per heavy atom. The number of alkyl halides is 4. The highest BCUT2D eigenvalue weighted by Gasteiger charge is 2.28. The van der Waals surface area contributed by atoms with E-state index in [2.05, 4.69) is 4.74 Å². The average molecular weight is 281 g/mol. The molecule has 1 rings (SSSR count). The van der Waals surface area contributed by atoms with Crippen molar-refractivity contribution >= 4 is 5.91 Å². The van der Waals surface area contributed by atoms with Crippen molar-refractivity contribution in [3.05, 3.63) is 29.8 Å². The number of benzene rings is 1. The van der Waals surface area contributed by atoms with Gasteiger partial charge in [0.05, 0.1) is 12.1 Å². The van der Waals surface area contributed by atoms with Gasteiger partial charge in [-0.2, -0.15) is 8.78 Å². The molecule has 8 heteroatoms. The summed E-state index contributed by atoms with van der Waals surface area (Å²) >= 11 is 0. The van der Waals surface area contributed by atoms with Crippen LogP contribution >= 0.6 is 0 Å². The lowest BCUT2D eigenvalue weighted by Crippen LogP contribution is -2.39. The Hall–Kier alpha value is -1.83. The van der Waals surface area contributed by atoms with Crippen LogP contribution in [0, 0.1) is 0 Å². The molecule has 2 N–H and O–H groups in total. The summed E-state index contributed by atoms with van der Waals surface area (Å²) in [4.78, 5) is 11.6. The number of hydrogen-bond donors (Lipinski definition) is 2. The quantitative estimate of drug-likeness (QED) is 0.779. The molecule has 0 unspecified atom stereocenters. The van der Waals surface area contributed by atoms with Gasteiger partial charge in [0.2, 0.25) is 0 Å². The fraction of sp³-hybridized carbons (Fsp3) is 0.364. The third-order valence-electron chi connectivity index (χ3n) is 2.09. The molecule has 0 radical (unpaired) electrons. The second kappa shape index (κ2) is 6.37. The number of para-hydroxylation sites is 1. The molecular weight excluding hydrogens is 270 g/mol. The summed E-state index contributed by atoms with van der Waals surface area (Å²) in [6, 6.07) is 5.00. The maximum Gasteiger partial charge on any atom is 0.387 e. The van der Waals surface area contributed by atoms with Crippen LogP contribution in [-0.2, 0) is 0 Å². The smallest absolute Gasteiger partial charge is 0.387 e. The largest absolute Gasteiger partial charge is 0.434 e. The van der Waals surface area contributed by atoms with E-state index < -0.39 is 37.3 Å². The van der Waals surface area contributed by atoms with Crippen molar-refractivity contribution < 1.29 is 32.2 Å². The Balaban J connectivity index is 2.77. The van der Waals surface area contributed by atoms with Crippen LogP contribution in [0.2, 0.25) is 0 Å². The summed E-state index contributed by atoms with van der Waals surface area (Å²) in [7, 11) is 0. The zero-order valence-electron chi connectivity index (χ0n) is 9.58. The van der Waals surface area contributed by atoms with Gasteiger partial charge in [-0.25, -0.2) is 8.78 Å². The van der Waals surface area contributed by atoms with E-state index in [0.29, 0.717) is 0 Å². The number of nitrogens with one attached hydrogen (secondary N) is 1. The number of aliphatic hydroxyl groups is 1. The monoisotopic (exact) mass is 281 g/mol. The minimum absolute atomic E-state index is 0.295. The molecule has 1 aromatic carbocycles. The maximum atomic E-state index is 12.7. The van der Waals surface area contributed by atoms with Gasteiger partial charge in [0.25, 0.3) is 11.8 Å². The first-order valence-corrected chi connectivity index (χ1v) is 5.16. The minimum Gasteiger partial charge on any atom is -0.434 e. The van der Waals surface area contributed by atoms with Crippen molar-refractivity contribution in [2.75, 3.05) is 13.2 Å². The average Bonchev–Trinajstić information content (AvgIpc) is 2.36. The number of amides is 1. The van der Waals surface area contributed by atoms with Gasteiger partial charge >= 0.3 is 6.61 Å². The highest BCUT2D eigenvalue weighted by Crippen LogP contribution is 2.20. The Kier molecular flexibility index (Phi) is 5.11. The second-order valence-corrected chi connectivity index (χ2v) is 3.57. The van der Waals surface area contributed by atoms with Crippen LogP contribution in [0.1, 0.15) is 10.4 Å². The zero-order chi connectivity index (χ0) is 14.5. The predicted molar refractivity (Wildman–Crippen MR) is 57.4 cm³/mol. The van der Waals surface area contributed by atoms with Gasteiger partial charge < -0.3 is 15.2 Å². The molecule has 0 aliphatic heterocycles. The summed E-state index contributed by atoms with van der Waals surface area (Å²) < 4.78 is 53.7. The van der Waals surface area contributed by atoms with Crippen LogP contribution < -0.4 is 10.1 Å². The van der Waals surface area contributed by atoms with E-state index in [1.165, 1.54) is 12.1 Å². The highest BCUT2D eigenvalue weighted by atomic mass is 19.3. The van der Waals surface area contributed by atoms with E-state index in [1.807, 2.05) is 5.32 Å². The minimum atomic E-state index is -3.48. The Morgan fingerprint density at radius 2 is 2.00 bits per heavy atom. The lowest BCUT2D eigenvalue weighted by Gasteiger charge is -2.15. The molecule has 1 aromatic rings. The van der Waals surface area contributed by atoms with Crippen LogP contribution in [-0.4, -0.2) is 36.7 Å². The SMILES string of the molecule is O=C(NCC(F)(F)CO)c1ccccc1OC(F)F. The Bertz CT molecular complexity index is 440.